The van der Waals surface area contributed by atoms with Crippen LogP contribution in [0.4, 0.5) is 10.5 Å². The molecule has 2 rings (SSSR count). The van der Waals surface area contributed by atoms with Gasteiger partial charge >= 0.3 is 6.03 Å². The van der Waals surface area contributed by atoms with Crippen molar-refractivity contribution in [3.05, 3.63) is 52.5 Å². The quantitative estimate of drug-likeness (QED) is 0.803. The van der Waals surface area contributed by atoms with Crippen molar-refractivity contribution in [1.29, 1.82) is 0 Å². The van der Waals surface area contributed by atoms with E-state index in [4.69, 9.17) is 32.7 Å². The summed E-state index contributed by atoms with van der Waals surface area (Å²) in [6.45, 7) is 0.0103. The molecule has 116 valence electrons. The van der Waals surface area contributed by atoms with Gasteiger partial charge in [0.15, 0.2) is 6.73 Å². The Morgan fingerprint density at radius 2 is 1.77 bits per heavy atom. The maximum Gasteiger partial charge on any atom is 0.321 e. The number of carbonyl (C=O) groups excluding carboxylic acids is 1. The smallest absolute Gasteiger partial charge is 0.321 e. The normalized spacial score (nSPS) is 9.95. The van der Waals surface area contributed by atoms with Crippen molar-refractivity contribution in [2.24, 2.45) is 0 Å². The highest BCUT2D eigenvalue weighted by molar-refractivity contribution is 6.31. The third-order valence-corrected chi connectivity index (χ3v) is 3.18. The fourth-order valence-electron chi connectivity index (χ4n) is 1.66. The molecule has 0 atom stereocenters. The lowest BCUT2D eigenvalue weighted by atomic mass is 10.3. The fraction of sp³-hybridized carbons (Fsp3) is 0.133. The van der Waals surface area contributed by atoms with E-state index in [0.29, 0.717) is 27.2 Å². The van der Waals surface area contributed by atoms with E-state index in [9.17, 15) is 4.79 Å². The summed E-state index contributed by atoms with van der Waals surface area (Å²) in [5.41, 5.74) is 0.471. The molecule has 0 aromatic heterocycles. The lowest BCUT2D eigenvalue weighted by molar-refractivity contribution is 0.234. The summed E-state index contributed by atoms with van der Waals surface area (Å²) in [6.07, 6.45) is 0. The number of methoxy groups -OCH3 is 1. The molecule has 2 N–H and O–H groups in total. The van der Waals surface area contributed by atoms with Crippen molar-refractivity contribution >= 4 is 34.9 Å². The van der Waals surface area contributed by atoms with E-state index in [0.717, 1.165) is 0 Å². The molecule has 7 heteroatoms. The SMILES string of the molecule is COc1ccc(Cl)cc1NC(=O)NCOc1ccc(Cl)cc1. The molecule has 0 aliphatic heterocycles. The van der Waals surface area contributed by atoms with Crippen LogP contribution in [0.2, 0.25) is 10.0 Å². The van der Waals surface area contributed by atoms with Gasteiger partial charge in [-0.25, -0.2) is 4.79 Å². The number of carbonyl (C=O) groups is 1. The monoisotopic (exact) mass is 340 g/mol. The molecule has 0 unspecified atom stereocenters. The molecule has 0 heterocycles. The summed E-state index contributed by atoms with van der Waals surface area (Å²) in [5, 5.41) is 6.31. The van der Waals surface area contributed by atoms with E-state index in [1.807, 2.05) is 0 Å². The number of benzene rings is 2. The molecule has 0 saturated carbocycles. The number of halogens is 2. The van der Waals surface area contributed by atoms with Crippen molar-refractivity contribution in [3.63, 3.8) is 0 Å². The predicted molar refractivity (Wildman–Crippen MR) is 87.1 cm³/mol. The molecule has 0 fully saturated rings. The minimum absolute atomic E-state index is 0.0103. The Morgan fingerprint density at radius 3 is 2.45 bits per heavy atom. The maximum atomic E-state index is 11.8. The Kier molecular flexibility index (Phi) is 5.75. The Hall–Kier alpha value is -2.11. The molecule has 0 aliphatic rings. The average Bonchev–Trinajstić information content (AvgIpc) is 2.49. The van der Waals surface area contributed by atoms with Crippen LogP contribution in [0.15, 0.2) is 42.5 Å². The highest BCUT2D eigenvalue weighted by atomic mass is 35.5. The van der Waals surface area contributed by atoms with Crippen LogP contribution in [0.5, 0.6) is 11.5 Å². The minimum Gasteiger partial charge on any atom is -0.495 e. The van der Waals surface area contributed by atoms with Crippen LogP contribution in [0, 0.1) is 0 Å². The van der Waals surface area contributed by atoms with Gasteiger partial charge in [-0.15, -0.1) is 0 Å². The summed E-state index contributed by atoms with van der Waals surface area (Å²) in [5.74, 6) is 1.11. The third-order valence-electron chi connectivity index (χ3n) is 2.69. The van der Waals surface area contributed by atoms with Crippen LogP contribution in [0.3, 0.4) is 0 Å². The number of hydrogen-bond donors (Lipinski definition) is 2. The topological polar surface area (TPSA) is 59.6 Å². The van der Waals surface area contributed by atoms with E-state index in [1.54, 1.807) is 42.5 Å². The Morgan fingerprint density at radius 1 is 1.09 bits per heavy atom. The number of nitrogens with one attached hydrogen (secondary N) is 2. The summed E-state index contributed by atoms with van der Waals surface area (Å²) >= 11 is 11.7. The van der Waals surface area contributed by atoms with Gasteiger partial charge in [-0.05, 0) is 42.5 Å². The number of amides is 2. The summed E-state index contributed by atoms with van der Waals surface area (Å²) in [7, 11) is 1.51. The first kappa shape index (κ1) is 16.3. The molecule has 5 nitrogen and oxygen atoms in total. The second-order valence-corrected chi connectivity index (χ2v) is 5.09. The van der Waals surface area contributed by atoms with Gasteiger partial charge in [0, 0.05) is 10.0 Å². The van der Waals surface area contributed by atoms with Crippen LogP contribution >= 0.6 is 23.2 Å². The van der Waals surface area contributed by atoms with Gasteiger partial charge in [0.2, 0.25) is 0 Å². The van der Waals surface area contributed by atoms with Gasteiger partial charge in [-0.3, -0.25) is 0 Å². The fourth-order valence-corrected chi connectivity index (χ4v) is 1.96. The second kappa shape index (κ2) is 7.77. The molecule has 22 heavy (non-hydrogen) atoms. The molecular weight excluding hydrogens is 327 g/mol. The molecule has 0 bridgehead atoms. The average molecular weight is 341 g/mol. The minimum atomic E-state index is -0.436. The van der Waals surface area contributed by atoms with E-state index < -0.39 is 6.03 Å². The lowest BCUT2D eigenvalue weighted by Gasteiger charge is -2.12. The summed E-state index contributed by atoms with van der Waals surface area (Å²) < 4.78 is 10.5. The van der Waals surface area contributed by atoms with Gasteiger partial charge in [-0.2, -0.15) is 0 Å². The number of urea groups is 1. The number of hydrogen-bond acceptors (Lipinski definition) is 3. The van der Waals surface area contributed by atoms with Gasteiger partial charge in [0.25, 0.3) is 0 Å². The first-order valence-electron chi connectivity index (χ1n) is 6.35. The Balaban J connectivity index is 1.85. The lowest BCUT2D eigenvalue weighted by Crippen LogP contribution is -2.32. The highest BCUT2D eigenvalue weighted by Crippen LogP contribution is 2.27. The van der Waals surface area contributed by atoms with Gasteiger partial charge < -0.3 is 20.1 Å². The highest BCUT2D eigenvalue weighted by Gasteiger charge is 2.07. The van der Waals surface area contributed by atoms with Crippen molar-refractivity contribution in [1.82, 2.24) is 5.32 Å². The molecular formula is C15H14Cl2N2O3. The van der Waals surface area contributed by atoms with E-state index in [2.05, 4.69) is 10.6 Å². The van der Waals surface area contributed by atoms with Crippen LogP contribution < -0.4 is 20.1 Å². The third kappa shape index (κ3) is 4.72. The zero-order valence-electron chi connectivity index (χ0n) is 11.7. The molecule has 0 spiro atoms. The summed E-state index contributed by atoms with van der Waals surface area (Å²) in [4.78, 5) is 11.8. The van der Waals surface area contributed by atoms with Crippen LogP contribution in [-0.4, -0.2) is 19.9 Å². The largest absolute Gasteiger partial charge is 0.495 e. The predicted octanol–water partition coefficient (Wildman–Crippen LogP) is 4.16. The molecule has 0 radical (unpaired) electrons. The summed E-state index contributed by atoms with van der Waals surface area (Å²) in [6, 6.07) is 11.3. The Bertz CT molecular complexity index is 648. The van der Waals surface area contributed by atoms with Crippen LogP contribution in [0.25, 0.3) is 0 Å². The van der Waals surface area contributed by atoms with Crippen molar-refractivity contribution in [2.75, 3.05) is 19.2 Å². The van der Waals surface area contributed by atoms with Crippen molar-refractivity contribution in [3.8, 4) is 11.5 Å². The standard InChI is InChI=1S/C15H14Cl2N2O3/c1-21-14-7-4-11(17)8-13(14)19-15(20)18-9-22-12-5-2-10(16)3-6-12/h2-8H,9H2,1H3,(H2,18,19,20). The number of rotatable bonds is 5. The molecule has 2 aromatic carbocycles. The van der Waals surface area contributed by atoms with Gasteiger partial charge in [0.05, 0.1) is 12.8 Å². The van der Waals surface area contributed by atoms with Crippen LogP contribution in [-0.2, 0) is 0 Å². The zero-order chi connectivity index (χ0) is 15.9. The van der Waals surface area contributed by atoms with E-state index >= 15 is 0 Å². The first-order valence-corrected chi connectivity index (χ1v) is 7.11. The maximum absolute atomic E-state index is 11.8. The van der Waals surface area contributed by atoms with Crippen molar-refractivity contribution in [2.45, 2.75) is 0 Å². The van der Waals surface area contributed by atoms with Gasteiger partial charge in [-0.1, -0.05) is 23.2 Å². The second-order valence-electron chi connectivity index (χ2n) is 4.22. The number of ether oxygens (including phenoxy) is 2. The molecule has 0 saturated heterocycles. The van der Waals surface area contributed by atoms with Crippen molar-refractivity contribution < 1.29 is 14.3 Å². The Labute approximate surface area is 138 Å². The molecule has 2 aromatic rings. The zero-order valence-corrected chi connectivity index (χ0v) is 13.2. The van der Waals surface area contributed by atoms with E-state index in [1.165, 1.54) is 7.11 Å². The van der Waals surface area contributed by atoms with Crippen LogP contribution in [0.1, 0.15) is 0 Å². The molecule has 0 aliphatic carbocycles. The van der Waals surface area contributed by atoms with Gasteiger partial charge in [0.1, 0.15) is 11.5 Å². The first-order chi connectivity index (χ1) is 10.6. The number of anilines is 1. The molecule has 2 amide bonds. The van der Waals surface area contributed by atoms with E-state index in [-0.39, 0.29) is 6.73 Å².